The molecule has 3 atom stereocenters. The van der Waals surface area contributed by atoms with Crippen LogP contribution in [-0.4, -0.2) is 34.6 Å². The Bertz CT molecular complexity index is 248. The molecular formula is C11H19NO2. The van der Waals surface area contributed by atoms with Crippen LogP contribution in [-0.2, 0) is 4.79 Å². The molecule has 1 fully saturated rings. The first-order chi connectivity index (χ1) is 6.41. The van der Waals surface area contributed by atoms with E-state index in [1.165, 1.54) is 0 Å². The number of carbonyl (C=O) groups excluding carboxylic acids is 1. The lowest BCUT2D eigenvalue weighted by Gasteiger charge is -2.44. The van der Waals surface area contributed by atoms with Crippen LogP contribution in [0.5, 0.6) is 0 Å². The molecule has 1 N–H and O–H groups in total. The van der Waals surface area contributed by atoms with E-state index in [-0.39, 0.29) is 17.7 Å². The third-order valence-corrected chi connectivity index (χ3v) is 3.40. The monoisotopic (exact) mass is 197 g/mol. The highest BCUT2D eigenvalue weighted by molar-refractivity contribution is 5.80. The van der Waals surface area contributed by atoms with Gasteiger partial charge in [0.15, 0.2) is 0 Å². The van der Waals surface area contributed by atoms with E-state index in [9.17, 15) is 9.90 Å². The molecule has 3 nitrogen and oxygen atoms in total. The van der Waals surface area contributed by atoms with Gasteiger partial charge in [-0.1, -0.05) is 19.9 Å². The summed E-state index contributed by atoms with van der Waals surface area (Å²) in [7, 11) is 0. The Kier molecular flexibility index (Phi) is 3.00. The molecule has 3 heteroatoms. The van der Waals surface area contributed by atoms with Crippen LogP contribution in [0, 0.1) is 11.8 Å². The summed E-state index contributed by atoms with van der Waals surface area (Å²) in [5.41, 5.74) is -0.880. The Morgan fingerprint density at radius 1 is 1.71 bits per heavy atom. The van der Waals surface area contributed by atoms with Gasteiger partial charge in [-0.15, -0.1) is 6.58 Å². The normalized spacial score (nSPS) is 38.6. The Morgan fingerprint density at radius 3 is 2.79 bits per heavy atom. The van der Waals surface area contributed by atoms with Crippen molar-refractivity contribution in [3.8, 4) is 0 Å². The molecule has 0 aliphatic carbocycles. The van der Waals surface area contributed by atoms with Crippen LogP contribution in [0.1, 0.15) is 20.8 Å². The van der Waals surface area contributed by atoms with Crippen LogP contribution in [0.4, 0.5) is 0 Å². The standard InChI is InChI=1S/C11H19NO2/c1-5-6-12-7-8(2)11(4,14)9(3)10(12)13/h5,8-9,14H,1,6-7H2,2-4H3. The fraction of sp³-hybridized carbons (Fsp3) is 0.727. The van der Waals surface area contributed by atoms with Crippen molar-refractivity contribution in [2.24, 2.45) is 11.8 Å². The fourth-order valence-corrected chi connectivity index (χ4v) is 1.88. The van der Waals surface area contributed by atoms with Gasteiger partial charge in [-0.2, -0.15) is 0 Å². The number of hydrogen-bond donors (Lipinski definition) is 1. The molecular weight excluding hydrogens is 178 g/mol. The number of aliphatic hydroxyl groups is 1. The lowest BCUT2D eigenvalue weighted by molar-refractivity contribution is -0.158. The first-order valence-electron chi connectivity index (χ1n) is 5.03. The molecule has 1 saturated heterocycles. The predicted molar refractivity (Wildman–Crippen MR) is 55.7 cm³/mol. The van der Waals surface area contributed by atoms with E-state index >= 15 is 0 Å². The summed E-state index contributed by atoms with van der Waals surface area (Å²) in [6, 6.07) is 0. The van der Waals surface area contributed by atoms with E-state index < -0.39 is 5.60 Å². The second-order valence-electron chi connectivity index (χ2n) is 4.38. The smallest absolute Gasteiger partial charge is 0.228 e. The number of rotatable bonds is 2. The summed E-state index contributed by atoms with van der Waals surface area (Å²) in [6.45, 7) is 10.3. The highest BCUT2D eigenvalue weighted by Crippen LogP contribution is 2.32. The van der Waals surface area contributed by atoms with Gasteiger partial charge in [-0.25, -0.2) is 0 Å². The summed E-state index contributed by atoms with van der Waals surface area (Å²) in [5.74, 6) is -0.200. The summed E-state index contributed by atoms with van der Waals surface area (Å²) in [6.07, 6.45) is 1.72. The quantitative estimate of drug-likeness (QED) is 0.672. The van der Waals surface area contributed by atoms with Crippen molar-refractivity contribution < 1.29 is 9.90 Å². The SMILES string of the molecule is C=CCN1CC(C)C(C)(O)C(C)C1=O. The summed E-state index contributed by atoms with van der Waals surface area (Å²) < 4.78 is 0. The van der Waals surface area contributed by atoms with Gasteiger partial charge < -0.3 is 10.0 Å². The van der Waals surface area contributed by atoms with Crippen molar-refractivity contribution in [2.45, 2.75) is 26.4 Å². The molecule has 0 bridgehead atoms. The van der Waals surface area contributed by atoms with E-state index in [0.717, 1.165) is 0 Å². The van der Waals surface area contributed by atoms with E-state index in [4.69, 9.17) is 0 Å². The molecule has 14 heavy (non-hydrogen) atoms. The van der Waals surface area contributed by atoms with Crippen LogP contribution < -0.4 is 0 Å². The fourth-order valence-electron chi connectivity index (χ4n) is 1.88. The zero-order valence-electron chi connectivity index (χ0n) is 9.16. The Labute approximate surface area is 85.4 Å². The first kappa shape index (κ1) is 11.2. The molecule has 1 aliphatic rings. The highest BCUT2D eigenvalue weighted by Gasteiger charge is 2.45. The maximum atomic E-state index is 11.8. The number of hydrogen-bond acceptors (Lipinski definition) is 2. The van der Waals surface area contributed by atoms with Crippen molar-refractivity contribution >= 4 is 5.91 Å². The molecule has 1 heterocycles. The number of piperidine rings is 1. The van der Waals surface area contributed by atoms with E-state index in [0.29, 0.717) is 13.1 Å². The molecule has 1 aliphatic heterocycles. The van der Waals surface area contributed by atoms with Crippen molar-refractivity contribution in [1.82, 2.24) is 4.90 Å². The Hall–Kier alpha value is -0.830. The molecule has 0 radical (unpaired) electrons. The topological polar surface area (TPSA) is 40.5 Å². The van der Waals surface area contributed by atoms with Gasteiger partial charge in [0.1, 0.15) is 0 Å². The zero-order valence-corrected chi connectivity index (χ0v) is 9.16. The van der Waals surface area contributed by atoms with Crippen LogP contribution in [0.15, 0.2) is 12.7 Å². The number of nitrogens with zero attached hydrogens (tertiary/aromatic N) is 1. The maximum absolute atomic E-state index is 11.8. The lowest BCUT2D eigenvalue weighted by atomic mass is 9.76. The third kappa shape index (κ3) is 1.69. The van der Waals surface area contributed by atoms with Gasteiger partial charge in [0.25, 0.3) is 0 Å². The zero-order chi connectivity index (χ0) is 10.9. The van der Waals surface area contributed by atoms with Gasteiger partial charge in [0.2, 0.25) is 5.91 Å². The van der Waals surface area contributed by atoms with Gasteiger partial charge in [-0.05, 0) is 6.92 Å². The summed E-state index contributed by atoms with van der Waals surface area (Å²) in [4.78, 5) is 13.5. The van der Waals surface area contributed by atoms with Crippen molar-refractivity contribution in [3.63, 3.8) is 0 Å². The molecule has 0 spiro atoms. The summed E-state index contributed by atoms with van der Waals surface area (Å²) in [5, 5.41) is 10.1. The predicted octanol–water partition coefficient (Wildman–Crippen LogP) is 1.04. The molecule has 1 amide bonds. The Morgan fingerprint density at radius 2 is 2.29 bits per heavy atom. The highest BCUT2D eigenvalue weighted by atomic mass is 16.3. The minimum absolute atomic E-state index is 0.0213. The first-order valence-corrected chi connectivity index (χ1v) is 5.03. The van der Waals surface area contributed by atoms with Crippen molar-refractivity contribution in [2.75, 3.05) is 13.1 Å². The van der Waals surface area contributed by atoms with Crippen molar-refractivity contribution in [1.29, 1.82) is 0 Å². The van der Waals surface area contributed by atoms with Crippen LogP contribution in [0.25, 0.3) is 0 Å². The van der Waals surface area contributed by atoms with Gasteiger partial charge in [0, 0.05) is 19.0 Å². The third-order valence-electron chi connectivity index (χ3n) is 3.40. The van der Waals surface area contributed by atoms with Gasteiger partial charge >= 0.3 is 0 Å². The van der Waals surface area contributed by atoms with Crippen LogP contribution in [0.2, 0.25) is 0 Å². The molecule has 3 unspecified atom stereocenters. The van der Waals surface area contributed by atoms with E-state index in [1.807, 2.05) is 6.92 Å². The molecule has 0 saturated carbocycles. The average Bonchev–Trinajstić information content (AvgIpc) is 2.12. The molecule has 80 valence electrons. The molecule has 1 rings (SSSR count). The van der Waals surface area contributed by atoms with E-state index in [2.05, 4.69) is 6.58 Å². The molecule has 0 aromatic heterocycles. The Balaban J connectivity index is 2.83. The van der Waals surface area contributed by atoms with Gasteiger partial charge in [0.05, 0.1) is 11.5 Å². The molecule has 0 aromatic carbocycles. The number of carbonyl (C=O) groups is 1. The van der Waals surface area contributed by atoms with Crippen LogP contribution in [0.3, 0.4) is 0 Å². The minimum atomic E-state index is -0.880. The second-order valence-corrected chi connectivity index (χ2v) is 4.38. The van der Waals surface area contributed by atoms with Crippen molar-refractivity contribution in [3.05, 3.63) is 12.7 Å². The van der Waals surface area contributed by atoms with Crippen LogP contribution >= 0.6 is 0 Å². The molecule has 0 aromatic rings. The lowest BCUT2D eigenvalue weighted by Crippen LogP contribution is -2.57. The maximum Gasteiger partial charge on any atom is 0.228 e. The average molecular weight is 197 g/mol. The number of likely N-dealkylation sites (tertiary alicyclic amines) is 1. The largest absolute Gasteiger partial charge is 0.389 e. The minimum Gasteiger partial charge on any atom is -0.389 e. The van der Waals surface area contributed by atoms with E-state index in [1.54, 1.807) is 24.8 Å². The van der Waals surface area contributed by atoms with Gasteiger partial charge in [-0.3, -0.25) is 4.79 Å². The number of amides is 1. The summed E-state index contributed by atoms with van der Waals surface area (Å²) >= 11 is 0. The second kappa shape index (κ2) is 3.73.